The fourth-order valence-corrected chi connectivity index (χ4v) is 5.48. The van der Waals surface area contributed by atoms with Gasteiger partial charge in [0.15, 0.2) is 5.78 Å². The maximum atomic E-state index is 13.0. The number of ether oxygens (including phenoxy) is 1. The molecular weight excluding hydrogens is 364 g/mol. The Morgan fingerprint density at radius 2 is 2.07 bits per heavy atom. The fraction of sp³-hybridized carbons (Fsp3) is 0.619. The normalized spacial score (nSPS) is 24.4. The second kappa shape index (κ2) is 8.76. The summed E-state index contributed by atoms with van der Waals surface area (Å²) in [6.45, 7) is 2.08. The number of aliphatic carboxylic acids is 1. The van der Waals surface area contributed by atoms with Crippen molar-refractivity contribution < 1.29 is 24.5 Å². The van der Waals surface area contributed by atoms with Gasteiger partial charge in [-0.2, -0.15) is 0 Å². The molecule has 5 nitrogen and oxygen atoms in total. The minimum atomic E-state index is -1.09. The highest BCUT2D eigenvalue weighted by Gasteiger charge is 2.38. The van der Waals surface area contributed by atoms with Crippen LogP contribution in [0.25, 0.3) is 0 Å². The zero-order valence-corrected chi connectivity index (χ0v) is 16.6. The summed E-state index contributed by atoms with van der Waals surface area (Å²) in [5.74, 6) is 0.806. The van der Waals surface area contributed by atoms with Crippen LogP contribution in [0.2, 0.25) is 0 Å². The molecule has 1 saturated carbocycles. The van der Waals surface area contributed by atoms with E-state index >= 15 is 0 Å². The summed E-state index contributed by atoms with van der Waals surface area (Å²) in [7, 11) is 0. The van der Waals surface area contributed by atoms with Crippen molar-refractivity contribution in [1.82, 2.24) is 0 Å². The van der Waals surface area contributed by atoms with Gasteiger partial charge in [-0.05, 0) is 49.8 Å². The number of carboxylic acids is 1. The molecule has 2 aliphatic rings. The minimum absolute atomic E-state index is 0.0796. The van der Waals surface area contributed by atoms with Crippen LogP contribution < -0.4 is 0 Å². The first-order valence-corrected chi connectivity index (χ1v) is 10.7. The second-order valence-electron chi connectivity index (χ2n) is 7.76. The van der Waals surface area contributed by atoms with E-state index in [1.165, 1.54) is 6.42 Å². The average molecular weight is 393 g/mol. The maximum Gasteiger partial charge on any atom is 0.313 e. The number of aliphatic hydroxyl groups excluding tert-OH is 1. The third-order valence-corrected chi connectivity index (χ3v) is 7.28. The standard InChI is InChI=1S/C21H28O5S/c1-21(20(24)25,8-10-26-11-9-22)15-6-7-17-18(12-15)27-13-14-4-2-3-5-16(14)19(17)23/h6-7,12,14,16,22H,2-5,8-11,13H2,1H3,(H,24,25). The highest BCUT2D eigenvalue weighted by Crippen LogP contribution is 2.43. The monoisotopic (exact) mass is 392 g/mol. The van der Waals surface area contributed by atoms with E-state index in [9.17, 15) is 14.7 Å². The highest BCUT2D eigenvalue weighted by molar-refractivity contribution is 7.99. The number of fused-ring (bicyclic) bond motifs is 2. The van der Waals surface area contributed by atoms with Crippen molar-refractivity contribution in [1.29, 1.82) is 0 Å². The van der Waals surface area contributed by atoms with Gasteiger partial charge in [-0.1, -0.05) is 18.9 Å². The minimum Gasteiger partial charge on any atom is -0.481 e. The Hall–Kier alpha value is -1.37. The number of carbonyl (C=O) groups is 2. The molecule has 148 valence electrons. The van der Waals surface area contributed by atoms with Crippen molar-refractivity contribution in [2.24, 2.45) is 11.8 Å². The zero-order valence-electron chi connectivity index (χ0n) is 15.8. The number of benzene rings is 1. The predicted octanol–water partition coefficient (Wildman–Crippen LogP) is 3.52. The number of Topliss-reactive ketones (excluding diaryl/α,β-unsaturated/α-hetero) is 1. The van der Waals surface area contributed by atoms with Gasteiger partial charge < -0.3 is 14.9 Å². The van der Waals surface area contributed by atoms with Crippen molar-refractivity contribution in [3.05, 3.63) is 29.3 Å². The van der Waals surface area contributed by atoms with Gasteiger partial charge in [0.05, 0.1) is 18.6 Å². The third kappa shape index (κ3) is 4.23. The van der Waals surface area contributed by atoms with Crippen LogP contribution in [0.15, 0.2) is 23.1 Å². The van der Waals surface area contributed by atoms with E-state index in [-0.39, 0.29) is 31.5 Å². The molecule has 1 fully saturated rings. The molecule has 1 heterocycles. The fourth-order valence-electron chi connectivity index (χ4n) is 4.16. The molecule has 0 spiro atoms. The average Bonchev–Trinajstić information content (AvgIpc) is 2.82. The zero-order chi connectivity index (χ0) is 19.4. The summed E-state index contributed by atoms with van der Waals surface area (Å²) in [4.78, 5) is 26.0. The molecule has 3 unspecified atom stereocenters. The van der Waals surface area contributed by atoms with Crippen molar-refractivity contribution in [3.63, 3.8) is 0 Å². The van der Waals surface area contributed by atoms with Gasteiger partial charge >= 0.3 is 5.97 Å². The van der Waals surface area contributed by atoms with E-state index in [1.54, 1.807) is 24.8 Å². The van der Waals surface area contributed by atoms with Gasteiger partial charge in [0, 0.05) is 28.7 Å². The predicted molar refractivity (Wildman–Crippen MR) is 104 cm³/mol. The number of hydrogen-bond donors (Lipinski definition) is 2. The summed E-state index contributed by atoms with van der Waals surface area (Å²) in [5, 5.41) is 18.7. The van der Waals surface area contributed by atoms with Crippen LogP contribution in [-0.2, 0) is 14.9 Å². The molecule has 0 amide bonds. The Labute approximate surface area is 164 Å². The Morgan fingerprint density at radius 1 is 1.30 bits per heavy atom. The lowest BCUT2D eigenvalue weighted by Crippen LogP contribution is -2.34. The topological polar surface area (TPSA) is 83.8 Å². The third-order valence-electron chi connectivity index (χ3n) is 6.04. The summed E-state index contributed by atoms with van der Waals surface area (Å²) in [5.41, 5.74) is 0.363. The van der Waals surface area contributed by atoms with Gasteiger partial charge in [0.25, 0.3) is 0 Å². The number of ketones is 1. The number of thioether (sulfide) groups is 1. The molecule has 0 bridgehead atoms. The Bertz CT molecular complexity index is 704. The van der Waals surface area contributed by atoms with E-state index in [4.69, 9.17) is 9.84 Å². The second-order valence-corrected chi connectivity index (χ2v) is 8.82. The highest BCUT2D eigenvalue weighted by atomic mass is 32.2. The van der Waals surface area contributed by atoms with Crippen LogP contribution in [0, 0.1) is 11.8 Å². The van der Waals surface area contributed by atoms with Crippen LogP contribution in [0.4, 0.5) is 0 Å². The Balaban J connectivity index is 1.86. The molecule has 1 aliphatic carbocycles. The van der Waals surface area contributed by atoms with Crippen LogP contribution in [0.1, 0.15) is 54.9 Å². The summed E-state index contributed by atoms with van der Waals surface area (Å²) in [6.07, 6.45) is 4.71. The van der Waals surface area contributed by atoms with Gasteiger partial charge in [0.2, 0.25) is 0 Å². The number of aliphatic hydroxyl groups is 1. The van der Waals surface area contributed by atoms with Gasteiger partial charge in [-0.25, -0.2) is 0 Å². The maximum absolute atomic E-state index is 13.0. The summed E-state index contributed by atoms with van der Waals surface area (Å²) in [6, 6.07) is 5.52. The summed E-state index contributed by atoms with van der Waals surface area (Å²) < 4.78 is 5.29. The molecule has 2 N–H and O–H groups in total. The van der Waals surface area contributed by atoms with Gasteiger partial charge in [0.1, 0.15) is 0 Å². The van der Waals surface area contributed by atoms with E-state index in [1.807, 2.05) is 12.1 Å². The van der Waals surface area contributed by atoms with E-state index in [0.29, 0.717) is 17.9 Å². The number of rotatable bonds is 7. The number of carboxylic acid groups (broad SMARTS) is 1. The first-order valence-electron chi connectivity index (χ1n) is 9.71. The van der Waals surface area contributed by atoms with Crippen molar-refractivity contribution in [2.75, 3.05) is 25.6 Å². The molecule has 3 atom stereocenters. The quantitative estimate of drug-likeness (QED) is 0.691. The van der Waals surface area contributed by atoms with Crippen LogP contribution in [-0.4, -0.2) is 47.5 Å². The molecule has 1 aromatic rings. The van der Waals surface area contributed by atoms with E-state index in [0.717, 1.165) is 35.5 Å². The lowest BCUT2D eigenvalue weighted by molar-refractivity contribution is -0.144. The van der Waals surface area contributed by atoms with Crippen molar-refractivity contribution >= 4 is 23.5 Å². The van der Waals surface area contributed by atoms with Crippen molar-refractivity contribution in [2.45, 2.75) is 49.3 Å². The van der Waals surface area contributed by atoms with E-state index in [2.05, 4.69) is 0 Å². The molecule has 3 rings (SSSR count). The molecule has 1 aliphatic heterocycles. The van der Waals surface area contributed by atoms with Gasteiger partial charge in [-0.15, -0.1) is 11.8 Å². The van der Waals surface area contributed by atoms with Crippen LogP contribution >= 0.6 is 11.8 Å². The largest absolute Gasteiger partial charge is 0.481 e. The molecule has 0 radical (unpaired) electrons. The molecular formula is C21H28O5S. The van der Waals surface area contributed by atoms with Gasteiger partial charge in [-0.3, -0.25) is 9.59 Å². The molecule has 0 saturated heterocycles. The smallest absolute Gasteiger partial charge is 0.313 e. The Kier molecular flexibility index (Phi) is 6.61. The summed E-state index contributed by atoms with van der Waals surface area (Å²) >= 11 is 1.69. The SMILES string of the molecule is CC(CCOCCO)(C(=O)O)c1ccc2c(c1)SCC1CCCCC1C2=O. The molecule has 1 aromatic carbocycles. The Morgan fingerprint density at radius 3 is 2.81 bits per heavy atom. The lowest BCUT2D eigenvalue weighted by Gasteiger charge is -2.28. The number of carbonyl (C=O) groups excluding carboxylic acids is 1. The van der Waals surface area contributed by atoms with Crippen molar-refractivity contribution in [3.8, 4) is 0 Å². The first-order chi connectivity index (χ1) is 13.0. The lowest BCUT2D eigenvalue weighted by atomic mass is 9.75. The first kappa shape index (κ1) is 20.4. The molecule has 27 heavy (non-hydrogen) atoms. The van der Waals surface area contributed by atoms with Crippen LogP contribution in [0.3, 0.4) is 0 Å². The molecule has 6 heteroatoms. The van der Waals surface area contributed by atoms with E-state index < -0.39 is 11.4 Å². The number of hydrogen-bond acceptors (Lipinski definition) is 5. The van der Waals surface area contributed by atoms with Crippen LogP contribution in [0.5, 0.6) is 0 Å². The molecule has 0 aromatic heterocycles.